The van der Waals surface area contributed by atoms with Gasteiger partial charge in [-0.3, -0.25) is 14.5 Å². The van der Waals surface area contributed by atoms with Crippen LogP contribution in [0.1, 0.15) is 46.2 Å². The number of ether oxygens (including phenoxy) is 2. The largest absolute Gasteiger partial charge is 0.460 e. The van der Waals surface area contributed by atoms with E-state index >= 15 is 0 Å². The average Bonchev–Trinajstić information content (AvgIpc) is 3.32. The number of benzene rings is 2. The van der Waals surface area contributed by atoms with Gasteiger partial charge in [-0.1, -0.05) is 18.2 Å². The Bertz CT molecular complexity index is 1160. The molecule has 158 valence electrons. The first-order valence-electron chi connectivity index (χ1n) is 9.80. The van der Waals surface area contributed by atoms with E-state index in [1.54, 1.807) is 31.2 Å². The predicted molar refractivity (Wildman–Crippen MR) is 109 cm³/mol. The van der Waals surface area contributed by atoms with Gasteiger partial charge in [0.25, 0.3) is 0 Å². The molecule has 2 heterocycles. The molecule has 1 aliphatic heterocycles. The Balaban J connectivity index is 1.52. The van der Waals surface area contributed by atoms with Crippen LogP contribution in [0.5, 0.6) is 0 Å². The van der Waals surface area contributed by atoms with E-state index in [1.165, 1.54) is 24.3 Å². The van der Waals surface area contributed by atoms with Gasteiger partial charge >= 0.3 is 11.9 Å². The van der Waals surface area contributed by atoms with Crippen molar-refractivity contribution in [1.82, 2.24) is 0 Å². The molecular weight excluding hydrogens is 402 g/mol. The van der Waals surface area contributed by atoms with Crippen molar-refractivity contribution in [3.8, 4) is 0 Å². The number of rotatable bonds is 6. The highest BCUT2D eigenvalue weighted by molar-refractivity contribution is 6.19. The lowest BCUT2D eigenvalue weighted by atomic mass is 10.1. The maximum absolute atomic E-state index is 12.5. The molecule has 1 saturated heterocycles. The second kappa shape index (κ2) is 8.43. The lowest BCUT2D eigenvalue weighted by Gasteiger charge is -2.14. The molecule has 0 radical (unpaired) electrons. The highest BCUT2D eigenvalue weighted by Crippen LogP contribution is 2.28. The molecule has 2 amide bonds. The zero-order chi connectivity index (χ0) is 22.0. The smallest absolute Gasteiger partial charge is 0.374 e. The lowest BCUT2D eigenvalue weighted by molar-refractivity contribution is -0.121. The zero-order valence-electron chi connectivity index (χ0n) is 16.8. The Morgan fingerprint density at radius 3 is 2.29 bits per heavy atom. The van der Waals surface area contributed by atoms with Crippen LogP contribution in [0, 0.1) is 0 Å². The second-order valence-electron chi connectivity index (χ2n) is 6.87. The Labute approximate surface area is 177 Å². The highest BCUT2D eigenvalue weighted by atomic mass is 16.5. The molecule has 0 spiro atoms. The van der Waals surface area contributed by atoms with Gasteiger partial charge in [0.15, 0.2) is 0 Å². The van der Waals surface area contributed by atoms with Crippen molar-refractivity contribution in [3.05, 3.63) is 65.4 Å². The molecule has 1 aliphatic rings. The van der Waals surface area contributed by atoms with Crippen LogP contribution >= 0.6 is 0 Å². The minimum absolute atomic E-state index is 0.00254. The van der Waals surface area contributed by atoms with Crippen LogP contribution in [-0.4, -0.2) is 30.4 Å². The first-order chi connectivity index (χ1) is 15.0. The van der Waals surface area contributed by atoms with Crippen molar-refractivity contribution in [2.75, 3.05) is 11.5 Å². The summed E-state index contributed by atoms with van der Waals surface area (Å²) < 4.78 is 16.0. The Kier molecular flexibility index (Phi) is 5.53. The van der Waals surface area contributed by atoms with Crippen LogP contribution < -0.4 is 4.90 Å². The molecule has 8 nitrogen and oxygen atoms in total. The topological polar surface area (TPSA) is 103 Å². The number of anilines is 1. The van der Waals surface area contributed by atoms with Crippen LogP contribution in [0.25, 0.3) is 11.0 Å². The lowest BCUT2D eigenvalue weighted by Crippen LogP contribution is -2.28. The minimum atomic E-state index is -0.631. The van der Waals surface area contributed by atoms with Crippen molar-refractivity contribution in [2.45, 2.75) is 26.4 Å². The molecule has 8 heteroatoms. The van der Waals surface area contributed by atoms with Gasteiger partial charge in [-0.2, -0.15) is 0 Å². The highest BCUT2D eigenvalue weighted by Gasteiger charge is 2.30. The normalized spacial score (nSPS) is 13.6. The van der Waals surface area contributed by atoms with E-state index in [-0.39, 0.29) is 49.2 Å². The SMILES string of the molecule is CCOC(=O)c1oc2ccccc2c1COC(=O)c1ccc(N2C(=O)CCC2=O)cc1. The van der Waals surface area contributed by atoms with Gasteiger partial charge in [0, 0.05) is 18.2 Å². The summed E-state index contributed by atoms with van der Waals surface area (Å²) in [6.07, 6.45) is 0.369. The number of nitrogens with zero attached hydrogens (tertiary/aromatic N) is 1. The van der Waals surface area contributed by atoms with E-state index in [4.69, 9.17) is 13.9 Å². The summed E-state index contributed by atoms with van der Waals surface area (Å²) in [6, 6.07) is 13.1. The third-order valence-corrected chi connectivity index (χ3v) is 4.92. The Morgan fingerprint density at radius 1 is 0.935 bits per heavy atom. The predicted octanol–water partition coefficient (Wildman–Crippen LogP) is 3.62. The number of furan rings is 1. The number of amides is 2. The summed E-state index contributed by atoms with van der Waals surface area (Å²) in [5.74, 6) is -1.78. The van der Waals surface area contributed by atoms with Crippen LogP contribution in [0.4, 0.5) is 5.69 Å². The summed E-state index contributed by atoms with van der Waals surface area (Å²) in [5, 5.41) is 0.653. The van der Waals surface area contributed by atoms with Crippen molar-refractivity contribution in [3.63, 3.8) is 0 Å². The van der Waals surface area contributed by atoms with Gasteiger partial charge in [0.05, 0.1) is 23.4 Å². The number of hydrogen-bond acceptors (Lipinski definition) is 7. The van der Waals surface area contributed by atoms with Crippen LogP contribution in [0.3, 0.4) is 0 Å². The van der Waals surface area contributed by atoms with Gasteiger partial charge in [-0.15, -0.1) is 0 Å². The van der Waals surface area contributed by atoms with Crippen molar-refractivity contribution in [2.24, 2.45) is 0 Å². The van der Waals surface area contributed by atoms with Gasteiger partial charge in [0.2, 0.25) is 17.6 Å². The monoisotopic (exact) mass is 421 g/mol. The summed E-state index contributed by atoms with van der Waals surface area (Å²) >= 11 is 0. The third-order valence-electron chi connectivity index (χ3n) is 4.92. The van der Waals surface area contributed by atoms with Gasteiger partial charge in [-0.05, 0) is 37.3 Å². The summed E-state index contributed by atoms with van der Waals surface area (Å²) in [6.45, 7) is 1.69. The van der Waals surface area contributed by atoms with Crippen molar-refractivity contribution >= 4 is 40.4 Å². The molecule has 0 unspecified atom stereocenters. The van der Waals surface area contributed by atoms with E-state index in [2.05, 4.69) is 0 Å². The molecule has 3 aromatic rings. The van der Waals surface area contributed by atoms with E-state index in [1.807, 2.05) is 0 Å². The number of imide groups is 1. The summed E-state index contributed by atoms with van der Waals surface area (Å²) in [5.41, 5.74) is 1.57. The molecule has 0 aliphatic carbocycles. The number of fused-ring (bicyclic) bond motifs is 1. The van der Waals surface area contributed by atoms with E-state index in [9.17, 15) is 19.2 Å². The van der Waals surface area contributed by atoms with Gasteiger partial charge in [0.1, 0.15) is 12.2 Å². The number of hydrogen-bond donors (Lipinski definition) is 0. The van der Waals surface area contributed by atoms with Crippen LogP contribution in [0.15, 0.2) is 52.9 Å². The van der Waals surface area contributed by atoms with E-state index in [0.29, 0.717) is 22.2 Å². The average molecular weight is 421 g/mol. The molecule has 1 fully saturated rings. The van der Waals surface area contributed by atoms with Crippen LogP contribution in [-0.2, 0) is 25.7 Å². The molecular formula is C23H19NO7. The first-order valence-corrected chi connectivity index (χ1v) is 9.80. The fourth-order valence-electron chi connectivity index (χ4n) is 3.44. The Morgan fingerprint density at radius 2 is 1.61 bits per heavy atom. The molecule has 0 bridgehead atoms. The maximum Gasteiger partial charge on any atom is 0.374 e. The number of esters is 2. The van der Waals surface area contributed by atoms with Gasteiger partial charge < -0.3 is 13.9 Å². The van der Waals surface area contributed by atoms with E-state index < -0.39 is 11.9 Å². The number of carbonyl (C=O) groups is 4. The van der Waals surface area contributed by atoms with E-state index in [0.717, 1.165) is 4.90 Å². The van der Waals surface area contributed by atoms with Crippen molar-refractivity contribution in [1.29, 1.82) is 0 Å². The standard InChI is InChI=1S/C23H19NO7/c1-2-29-23(28)21-17(16-5-3-4-6-18(16)31-21)13-30-22(27)14-7-9-15(10-8-14)24-19(25)11-12-20(24)26/h3-10H,2,11-13H2,1H3. The molecule has 31 heavy (non-hydrogen) atoms. The third kappa shape index (κ3) is 3.92. The van der Waals surface area contributed by atoms with Crippen molar-refractivity contribution < 1.29 is 33.1 Å². The molecule has 0 saturated carbocycles. The fraction of sp³-hybridized carbons (Fsp3) is 0.217. The number of carbonyl (C=O) groups excluding carboxylic acids is 4. The fourth-order valence-corrected chi connectivity index (χ4v) is 3.44. The van der Waals surface area contributed by atoms with Crippen LogP contribution in [0.2, 0.25) is 0 Å². The molecule has 0 N–H and O–H groups in total. The summed E-state index contributed by atoms with van der Waals surface area (Å²) in [7, 11) is 0. The molecule has 4 rings (SSSR count). The Hall–Kier alpha value is -3.94. The second-order valence-corrected chi connectivity index (χ2v) is 6.87. The zero-order valence-corrected chi connectivity index (χ0v) is 16.8. The molecule has 2 aromatic carbocycles. The number of para-hydroxylation sites is 1. The summed E-state index contributed by atoms with van der Waals surface area (Å²) in [4.78, 5) is 49.6. The molecule has 0 atom stereocenters. The minimum Gasteiger partial charge on any atom is -0.460 e. The quantitative estimate of drug-likeness (QED) is 0.442. The first kappa shape index (κ1) is 20.3. The van der Waals surface area contributed by atoms with Gasteiger partial charge in [-0.25, -0.2) is 9.59 Å². The maximum atomic E-state index is 12.5. The molecule has 1 aromatic heterocycles.